The van der Waals surface area contributed by atoms with Gasteiger partial charge >= 0.3 is 5.97 Å². The first kappa shape index (κ1) is 23.0. The summed E-state index contributed by atoms with van der Waals surface area (Å²) >= 11 is 4.95. The largest absolute Gasteiger partial charge is 0.466 e. The van der Waals surface area contributed by atoms with Gasteiger partial charge in [-0.05, 0) is 36.2 Å². The van der Waals surface area contributed by atoms with Crippen molar-refractivity contribution in [2.45, 2.75) is 32.1 Å². The molecule has 0 aliphatic rings. The molecule has 0 bridgehead atoms. The zero-order valence-corrected chi connectivity index (χ0v) is 17.4. The second-order valence-electron chi connectivity index (χ2n) is 6.52. The number of carbonyl (C=O) groups is 3. The maximum Gasteiger partial charge on any atom is 0.306 e. The summed E-state index contributed by atoms with van der Waals surface area (Å²) in [5, 5.41) is 2.36. The van der Waals surface area contributed by atoms with Crippen LogP contribution in [0, 0.1) is 0 Å². The van der Waals surface area contributed by atoms with Crippen molar-refractivity contribution < 1.29 is 19.1 Å². The van der Waals surface area contributed by atoms with Crippen LogP contribution < -0.4 is 16.2 Å². The van der Waals surface area contributed by atoms with Gasteiger partial charge in [0.1, 0.15) is 0 Å². The molecule has 2 aromatic rings. The summed E-state index contributed by atoms with van der Waals surface area (Å²) in [6.45, 7) is 0.308. The topological polar surface area (TPSA) is 96.5 Å². The number of esters is 1. The van der Waals surface area contributed by atoms with E-state index in [1.165, 1.54) is 5.56 Å². The Hall–Kier alpha value is -3.26. The normalized spacial score (nSPS) is 10.0. The summed E-state index contributed by atoms with van der Waals surface area (Å²) in [4.78, 5) is 35.4. The Kier molecular flexibility index (Phi) is 10.0. The van der Waals surface area contributed by atoms with E-state index in [4.69, 9.17) is 17.0 Å². The van der Waals surface area contributed by atoms with E-state index in [1.807, 2.05) is 60.7 Å². The number of thiocarbonyl (C=S) groups is 1. The van der Waals surface area contributed by atoms with Gasteiger partial charge in [-0.3, -0.25) is 25.2 Å². The molecule has 0 aliphatic heterocycles. The first-order chi connectivity index (χ1) is 14.5. The molecule has 0 spiro atoms. The number of hydrogen-bond donors (Lipinski definition) is 3. The highest BCUT2D eigenvalue weighted by atomic mass is 32.1. The molecule has 0 fully saturated rings. The van der Waals surface area contributed by atoms with E-state index in [0.717, 1.165) is 18.4 Å². The van der Waals surface area contributed by atoms with Gasteiger partial charge in [-0.25, -0.2) is 0 Å². The van der Waals surface area contributed by atoms with Gasteiger partial charge in [-0.15, -0.1) is 0 Å². The second kappa shape index (κ2) is 13.1. The van der Waals surface area contributed by atoms with Crippen molar-refractivity contribution in [3.8, 4) is 0 Å². The third-order valence-electron chi connectivity index (χ3n) is 4.05. The Balaban J connectivity index is 1.53. The minimum atomic E-state index is -0.439. The lowest BCUT2D eigenvalue weighted by Gasteiger charge is -2.11. The third-order valence-corrected chi connectivity index (χ3v) is 4.25. The van der Waals surface area contributed by atoms with Gasteiger partial charge in [0, 0.05) is 6.42 Å². The lowest BCUT2D eigenvalue weighted by Crippen LogP contribution is -2.48. The Morgan fingerprint density at radius 1 is 0.800 bits per heavy atom. The molecule has 0 atom stereocenters. The number of nitrogens with one attached hydrogen (secondary N) is 3. The fourth-order valence-corrected chi connectivity index (χ4v) is 2.73. The standard InChI is InChI=1S/C22H25N3O4S/c26-19(13-14-21(28)29-15-7-12-17-8-3-1-4-9-17)23-22(30)25-24-20(27)16-18-10-5-2-6-11-18/h1-6,8-11H,7,12-16H2,(H,24,27)(H2,23,25,26,30). The Bertz CT molecular complexity index is 844. The number of amides is 2. The van der Waals surface area contributed by atoms with Crippen molar-refractivity contribution >= 4 is 35.1 Å². The Labute approximate surface area is 181 Å². The van der Waals surface area contributed by atoms with Crippen LogP contribution in [0.5, 0.6) is 0 Å². The molecule has 158 valence electrons. The maximum atomic E-state index is 11.8. The van der Waals surface area contributed by atoms with Crippen molar-refractivity contribution in [2.75, 3.05) is 6.61 Å². The third kappa shape index (κ3) is 9.79. The predicted molar refractivity (Wildman–Crippen MR) is 117 cm³/mol. The Morgan fingerprint density at radius 3 is 2.10 bits per heavy atom. The SMILES string of the molecule is O=C(Cc1ccccc1)NNC(=S)NC(=O)CCC(=O)OCCCc1ccccc1. The second-order valence-corrected chi connectivity index (χ2v) is 6.93. The number of hydrazine groups is 1. The van der Waals surface area contributed by atoms with Crippen LogP contribution in [-0.2, 0) is 32.0 Å². The maximum absolute atomic E-state index is 11.8. The van der Waals surface area contributed by atoms with Gasteiger partial charge in [0.25, 0.3) is 0 Å². The molecule has 30 heavy (non-hydrogen) atoms. The summed E-state index contributed by atoms with van der Waals surface area (Å²) in [7, 11) is 0. The van der Waals surface area contributed by atoms with Gasteiger partial charge in [-0.2, -0.15) is 0 Å². The van der Waals surface area contributed by atoms with E-state index in [1.54, 1.807) is 0 Å². The summed E-state index contributed by atoms with van der Waals surface area (Å²) in [6, 6.07) is 19.1. The van der Waals surface area contributed by atoms with E-state index >= 15 is 0 Å². The van der Waals surface area contributed by atoms with Gasteiger partial charge < -0.3 is 10.1 Å². The van der Waals surface area contributed by atoms with E-state index in [-0.39, 0.29) is 30.3 Å². The van der Waals surface area contributed by atoms with E-state index in [2.05, 4.69) is 16.2 Å². The summed E-state index contributed by atoms with van der Waals surface area (Å²) in [5.74, 6) is -1.17. The quantitative estimate of drug-likeness (QED) is 0.246. The highest BCUT2D eigenvalue weighted by Crippen LogP contribution is 2.03. The van der Waals surface area contributed by atoms with Crippen LogP contribution in [0.1, 0.15) is 30.4 Å². The van der Waals surface area contributed by atoms with Crippen molar-refractivity contribution in [1.29, 1.82) is 0 Å². The van der Waals surface area contributed by atoms with Crippen LogP contribution in [0.15, 0.2) is 60.7 Å². The number of ether oxygens (including phenoxy) is 1. The molecule has 3 N–H and O–H groups in total. The number of hydrogen-bond acceptors (Lipinski definition) is 5. The van der Waals surface area contributed by atoms with Crippen molar-refractivity contribution in [1.82, 2.24) is 16.2 Å². The van der Waals surface area contributed by atoms with Gasteiger partial charge in [-0.1, -0.05) is 60.7 Å². The lowest BCUT2D eigenvalue weighted by atomic mass is 10.1. The van der Waals surface area contributed by atoms with Crippen molar-refractivity contribution in [3.63, 3.8) is 0 Å². The van der Waals surface area contributed by atoms with Crippen LogP contribution in [0.25, 0.3) is 0 Å². The first-order valence-electron chi connectivity index (χ1n) is 9.65. The van der Waals surface area contributed by atoms with E-state index < -0.39 is 11.9 Å². The van der Waals surface area contributed by atoms with E-state index in [0.29, 0.717) is 6.61 Å². The van der Waals surface area contributed by atoms with Crippen LogP contribution in [0.2, 0.25) is 0 Å². The molecule has 2 rings (SSSR count). The average Bonchev–Trinajstić information content (AvgIpc) is 2.75. The summed E-state index contributed by atoms with van der Waals surface area (Å²) in [5.41, 5.74) is 6.92. The highest BCUT2D eigenvalue weighted by molar-refractivity contribution is 7.80. The number of aryl methyl sites for hydroxylation is 1. The monoisotopic (exact) mass is 427 g/mol. The van der Waals surface area contributed by atoms with Gasteiger partial charge in [0.2, 0.25) is 11.8 Å². The highest BCUT2D eigenvalue weighted by Gasteiger charge is 2.10. The number of benzene rings is 2. The molecule has 0 radical (unpaired) electrons. The molecule has 0 aromatic heterocycles. The zero-order chi connectivity index (χ0) is 21.6. The van der Waals surface area contributed by atoms with Gasteiger partial charge in [0.05, 0.1) is 19.4 Å². The van der Waals surface area contributed by atoms with Crippen LogP contribution in [0.4, 0.5) is 0 Å². The van der Waals surface area contributed by atoms with Crippen LogP contribution in [0.3, 0.4) is 0 Å². The summed E-state index contributed by atoms with van der Waals surface area (Å²) in [6.07, 6.45) is 1.63. The molecule has 0 heterocycles. The molecule has 8 heteroatoms. The molecule has 0 saturated heterocycles. The van der Waals surface area contributed by atoms with Crippen molar-refractivity contribution in [2.24, 2.45) is 0 Å². The summed E-state index contributed by atoms with van der Waals surface area (Å²) < 4.78 is 5.13. The first-order valence-corrected chi connectivity index (χ1v) is 10.1. The molecule has 0 aliphatic carbocycles. The minimum Gasteiger partial charge on any atom is -0.466 e. The fraction of sp³-hybridized carbons (Fsp3) is 0.273. The fourth-order valence-electron chi connectivity index (χ4n) is 2.57. The predicted octanol–water partition coefficient (Wildman–Crippen LogP) is 2.21. The molecule has 0 unspecified atom stereocenters. The van der Waals surface area contributed by atoms with Crippen molar-refractivity contribution in [3.05, 3.63) is 71.8 Å². The van der Waals surface area contributed by atoms with Gasteiger partial charge in [0.15, 0.2) is 5.11 Å². The molecular formula is C22H25N3O4S. The average molecular weight is 428 g/mol. The van der Waals surface area contributed by atoms with Crippen LogP contribution >= 0.6 is 12.2 Å². The molecule has 2 amide bonds. The zero-order valence-electron chi connectivity index (χ0n) is 16.6. The van der Waals surface area contributed by atoms with E-state index in [9.17, 15) is 14.4 Å². The number of carbonyl (C=O) groups excluding carboxylic acids is 3. The number of rotatable bonds is 9. The lowest BCUT2D eigenvalue weighted by molar-refractivity contribution is -0.145. The molecule has 2 aromatic carbocycles. The Morgan fingerprint density at radius 2 is 1.43 bits per heavy atom. The molecular weight excluding hydrogens is 402 g/mol. The smallest absolute Gasteiger partial charge is 0.306 e. The minimum absolute atomic E-state index is 0.0415. The molecule has 0 saturated carbocycles. The molecule has 7 nitrogen and oxygen atoms in total. The van der Waals surface area contributed by atoms with Crippen LogP contribution in [-0.4, -0.2) is 29.5 Å².